The van der Waals surface area contributed by atoms with Crippen LogP contribution in [-0.4, -0.2) is 21.7 Å². The third-order valence-corrected chi connectivity index (χ3v) is 5.25. The number of aliphatic hydroxyl groups excluding tert-OH is 1. The number of anilines is 1. The summed E-state index contributed by atoms with van der Waals surface area (Å²) in [5.41, 5.74) is -0.328. The number of amides is 1. The van der Waals surface area contributed by atoms with Crippen LogP contribution in [0.4, 0.5) is 15.8 Å². The lowest BCUT2D eigenvalue weighted by atomic mass is 9.94. The minimum absolute atomic E-state index is 0.0481. The molecule has 8 nitrogen and oxygen atoms in total. The van der Waals surface area contributed by atoms with Gasteiger partial charge in [0, 0.05) is 28.9 Å². The van der Waals surface area contributed by atoms with E-state index in [0.29, 0.717) is 5.56 Å². The van der Waals surface area contributed by atoms with E-state index < -0.39 is 39.8 Å². The summed E-state index contributed by atoms with van der Waals surface area (Å²) in [7, 11) is 0. The highest BCUT2D eigenvalue weighted by Crippen LogP contribution is 2.43. The lowest BCUT2D eigenvalue weighted by molar-refractivity contribution is -0.384. The molecule has 33 heavy (non-hydrogen) atoms. The van der Waals surface area contributed by atoms with Crippen LogP contribution in [-0.2, 0) is 9.59 Å². The van der Waals surface area contributed by atoms with Crippen molar-refractivity contribution in [3.05, 3.63) is 111 Å². The molecule has 1 unspecified atom stereocenters. The molecule has 1 saturated heterocycles. The molecule has 9 heteroatoms. The van der Waals surface area contributed by atoms with E-state index in [1.165, 1.54) is 60.7 Å². The quantitative estimate of drug-likeness (QED) is 0.212. The van der Waals surface area contributed by atoms with Crippen molar-refractivity contribution in [2.24, 2.45) is 0 Å². The number of nitro groups is 1. The van der Waals surface area contributed by atoms with Crippen molar-refractivity contribution >= 4 is 28.8 Å². The number of hydrogen-bond acceptors (Lipinski definition) is 6. The van der Waals surface area contributed by atoms with Crippen molar-refractivity contribution in [3.8, 4) is 6.07 Å². The molecule has 1 amide bonds. The van der Waals surface area contributed by atoms with Gasteiger partial charge in [-0.2, -0.15) is 5.26 Å². The summed E-state index contributed by atoms with van der Waals surface area (Å²) in [6.45, 7) is 0. The van der Waals surface area contributed by atoms with Crippen LogP contribution in [0, 0.1) is 27.3 Å². The maximum absolute atomic E-state index is 14.8. The van der Waals surface area contributed by atoms with Crippen LogP contribution in [0.1, 0.15) is 22.7 Å². The molecule has 0 bridgehead atoms. The first-order valence-corrected chi connectivity index (χ1v) is 9.64. The Labute approximate surface area is 186 Å². The molecule has 1 atom stereocenters. The number of non-ortho nitro benzene ring substituents is 1. The van der Waals surface area contributed by atoms with E-state index in [4.69, 9.17) is 5.26 Å². The average Bonchev–Trinajstić information content (AvgIpc) is 3.09. The zero-order valence-corrected chi connectivity index (χ0v) is 16.8. The van der Waals surface area contributed by atoms with Gasteiger partial charge in [0.05, 0.1) is 28.2 Å². The number of benzene rings is 3. The first-order chi connectivity index (χ1) is 15.8. The maximum atomic E-state index is 14.8. The Balaban J connectivity index is 1.96. The molecular formula is C24H14FN3O5. The van der Waals surface area contributed by atoms with Gasteiger partial charge in [-0.05, 0) is 30.3 Å². The van der Waals surface area contributed by atoms with Gasteiger partial charge in [0.2, 0.25) is 0 Å². The molecule has 0 saturated carbocycles. The molecular weight excluding hydrogens is 429 g/mol. The van der Waals surface area contributed by atoms with E-state index >= 15 is 0 Å². The third-order valence-electron chi connectivity index (χ3n) is 5.25. The minimum Gasteiger partial charge on any atom is -0.507 e. The van der Waals surface area contributed by atoms with Crippen LogP contribution in [0.15, 0.2) is 78.4 Å². The first-order valence-electron chi connectivity index (χ1n) is 9.64. The van der Waals surface area contributed by atoms with Crippen LogP contribution in [0.5, 0.6) is 0 Å². The molecule has 0 spiro atoms. The van der Waals surface area contributed by atoms with Gasteiger partial charge in [0.1, 0.15) is 11.6 Å². The van der Waals surface area contributed by atoms with Crippen molar-refractivity contribution in [2.75, 3.05) is 4.90 Å². The zero-order chi connectivity index (χ0) is 23.7. The van der Waals surface area contributed by atoms with Crippen LogP contribution in [0.2, 0.25) is 0 Å². The molecule has 0 radical (unpaired) electrons. The number of carbonyl (C=O) groups excluding carboxylic acids is 2. The van der Waals surface area contributed by atoms with E-state index in [2.05, 4.69) is 0 Å². The summed E-state index contributed by atoms with van der Waals surface area (Å²) in [6.07, 6.45) is 0. The highest BCUT2D eigenvalue weighted by atomic mass is 19.1. The van der Waals surface area contributed by atoms with Crippen LogP contribution >= 0.6 is 0 Å². The monoisotopic (exact) mass is 443 g/mol. The Morgan fingerprint density at radius 1 is 1.06 bits per heavy atom. The number of aliphatic hydroxyl groups is 1. The second-order valence-electron chi connectivity index (χ2n) is 7.16. The first kappa shape index (κ1) is 21.4. The molecule has 0 aliphatic carbocycles. The number of carbonyl (C=O) groups is 2. The van der Waals surface area contributed by atoms with E-state index in [-0.39, 0.29) is 22.5 Å². The van der Waals surface area contributed by atoms with Gasteiger partial charge in [-0.3, -0.25) is 24.6 Å². The molecule has 0 aromatic heterocycles. The van der Waals surface area contributed by atoms with Crippen LogP contribution in [0.25, 0.3) is 5.76 Å². The van der Waals surface area contributed by atoms with E-state index in [0.717, 1.165) is 17.0 Å². The topological polar surface area (TPSA) is 125 Å². The highest BCUT2D eigenvalue weighted by molar-refractivity contribution is 6.51. The highest BCUT2D eigenvalue weighted by Gasteiger charge is 2.47. The SMILES string of the molecule is N#Cc1ccc(N2C(=O)C(=O)/C(=C(/O)c3cccc([N+](=O)[O-])c3)C2c2ccccc2F)cc1. The second-order valence-corrected chi connectivity index (χ2v) is 7.16. The minimum atomic E-state index is -1.33. The van der Waals surface area contributed by atoms with Gasteiger partial charge < -0.3 is 5.11 Å². The molecule has 1 heterocycles. The van der Waals surface area contributed by atoms with Crippen molar-refractivity contribution in [1.82, 2.24) is 0 Å². The van der Waals surface area contributed by atoms with Crippen molar-refractivity contribution in [3.63, 3.8) is 0 Å². The van der Waals surface area contributed by atoms with E-state index in [9.17, 15) is 29.2 Å². The molecule has 1 aliphatic rings. The molecule has 1 aliphatic heterocycles. The summed E-state index contributed by atoms with van der Waals surface area (Å²) >= 11 is 0. The summed E-state index contributed by atoms with van der Waals surface area (Å²) in [4.78, 5) is 37.5. The standard InChI is InChI=1S/C24H14FN3O5/c25-19-7-2-1-6-18(19)21-20(22(29)15-4-3-5-17(12-15)28(32)33)23(30)24(31)27(21)16-10-8-14(13-26)9-11-16/h1-12,21,29H/b22-20+. The Hall–Kier alpha value is -4.84. The number of nitriles is 1. The Morgan fingerprint density at radius 2 is 1.76 bits per heavy atom. The number of ketones is 1. The number of Topliss-reactive ketones (excluding diaryl/α,β-unsaturated/α-hetero) is 1. The van der Waals surface area contributed by atoms with Gasteiger partial charge in [-0.15, -0.1) is 0 Å². The lowest BCUT2D eigenvalue weighted by Gasteiger charge is -2.25. The predicted molar refractivity (Wildman–Crippen MR) is 115 cm³/mol. The van der Waals surface area contributed by atoms with E-state index in [1.54, 1.807) is 0 Å². The summed E-state index contributed by atoms with van der Waals surface area (Å²) in [5, 5.41) is 31.1. The van der Waals surface area contributed by atoms with Gasteiger partial charge >= 0.3 is 0 Å². The fraction of sp³-hybridized carbons (Fsp3) is 0.0417. The number of hydrogen-bond donors (Lipinski definition) is 1. The summed E-state index contributed by atoms with van der Waals surface area (Å²) in [5.74, 6) is -3.47. The predicted octanol–water partition coefficient (Wildman–Crippen LogP) is 4.23. The number of nitrogens with zero attached hydrogens (tertiary/aromatic N) is 3. The largest absolute Gasteiger partial charge is 0.507 e. The molecule has 4 rings (SSSR count). The zero-order valence-electron chi connectivity index (χ0n) is 16.8. The molecule has 3 aromatic rings. The Kier molecular flexibility index (Phi) is 5.42. The van der Waals surface area contributed by atoms with Gasteiger partial charge in [-0.25, -0.2) is 4.39 Å². The molecule has 3 aromatic carbocycles. The lowest BCUT2D eigenvalue weighted by Crippen LogP contribution is -2.29. The van der Waals surface area contributed by atoms with Gasteiger partial charge in [0.15, 0.2) is 0 Å². The molecule has 162 valence electrons. The van der Waals surface area contributed by atoms with Crippen molar-refractivity contribution in [1.29, 1.82) is 5.26 Å². The van der Waals surface area contributed by atoms with Crippen molar-refractivity contribution < 1.29 is 24.0 Å². The Bertz CT molecular complexity index is 1380. The fourth-order valence-corrected chi connectivity index (χ4v) is 3.71. The van der Waals surface area contributed by atoms with Gasteiger partial charge in [0.25, 0.3) is 17.4 Å². The molecule has 1 fully saturated rings. The van der Waals surface area contributed by atoms with Crippen LogP contribution < -0.4 is 4.90 Å². The number of halogens is 1. The van der Waals surface area contributed by atoms with Crippen LogP contribution in [0.3, 0.4) is 0 Å². The number of nitro benzene ring substituents is 1. The third kappa shape index (κ3) is 3.70. The number of rotatable bonds is 4. The maximum Gasteiger partial charge on any atom is 0.300 e. The smallest absolute Gasteiger partial charge is 0.300 e. The average molecular weight is 443 g/mol. The summed E-state index contributed by atoms with van der Waals surface area (Å²) < 4.78 is 14.8. The molecule has 1 N–H and O–H groups in total. The second kappa shape index (κ2) is 8.36. The van der Waals surface area contributed by atoms with Gasteiger partial charge in [-0.1, -0.05) is 30.3 Å². The normalized spacial score (nSPS) is 17.1. The Morgan fingerprint density at radius 3 is 2.39 bits per heavy atom. The van der Waals surface area contributed by atoms with Crippen molar-refractivity contribution in [2.45, 2.75) is 6.04 Å². The fourth-order valence-electron chi connectivity index (χ4n) is 3.71. The van der Waals surface area contributed by atoms with E-state index in [1.807, 2.05) is 6.07 Å². The summed E-state index contributed by atoms with van der Waals surface area (Å²) in [6, 6.07) is 16.8.